The Morgan fingerprint density at radius 1 is 1.13 bits per heavy atom. The van der Waals surface area contributed by atoms with Crippen LogP contribution < -0.4 is 0 Å². The van der Waals surface area contributed by atoms with E-state index in [9.17, 15) is 14.0 Å². The van der Waals surface area contributed by atoms with Crippen LogP contribution in [0.5, 0.6) is 0 Å². The van der Waals surface area contributed by atoms with Gasteiger partial charge in [-0.05, 0) is 55.4 Å². The Labute approximate surface area is 226 Å². The van der Waals surface area contributed by atoms with Crippen molar-refractivity contribution in [3.63, 3.8) is 0 Å². The minimum absolute atomic E-state index is 0.136. The fraction of sp³-hybridized carbons (Fsp3) is 0.742. The van der Waals surface area contributed by atoms with Gasteiger partial charge in [-0.25, -0.2) is 4.39 Å². The lowest BCUT2D eigenvalue weighted by molar-refractivity contribution is -0.175. The molecule has 1 unspecified atom stereocenters. The molecule has 212 valence electrons. The van der Waals surface area contributed by atoms with E-state index in [1.165, 1.54) is 0 Å². The van der Waals surface area contributed by atoms with E-state index in [1.54, 1.807) is 0 Å². The Morgan fingerprint density at radius 2 is 1.92 bits per heavy atom. The summed E-state index contributed by atoms with van der Waals surface area (Å²) in [6.07, 6.45) is 4.38. The SMILES string of the molecule is CC[C@H](C)C(=O)O[C@H]1C[C@H](F)C[C@@H]2CC[C@H](C)[C@H](CCC3C[C@H](OCOCc4ccccc4)CC(=O)O3)[C@H]21. The van der Waals surface area contributed by atoms with Gasteiger partial charge in [0.25, 0.3) is 0 Å². The fourth-order valence-electron chi connectivity index (χ4n) is 6.74. The number of rotatable bonds is 11. The summed E-state index contributed by atoms with van der Waals surface area (Å²) in [6.45, 7) is 6.71. The third-order valence-electron chi connectivity index (χ3n) is 9.06. The van der Waals surface area contributed by atoms with Crippen LogP contribution in [0.15, 0.2) is 30.3 Å². The molecule has 9 atom stereocenters. The van der Waals surface area contributed by atoms with Crippen molar-refractivity contribution in [2.75, 3.05) is 6.79 Å². The number of ether oxygens (including phenoxy) is 4. The van der Waals surface area contributed by atoms with Crippen LogP contribution in [-0.4, -0.2) is 43.2 Å². The van der Waals surface area contributed by atoms with E-state index in [0.29, 0.717) is 44.1 Å². The minimum atomic E-state index is -0.915. The highest BCUT2D eigenvalue weighted by molar-refractivity contribution is 5.72. The van der Waals surface area contributed by atoms with Gasteiger partial charge in [-0.3, -0.25) is 9.59 Å². The molecule has 1 aromatic carbocycles. The summed E-state index contributed by atoms with van der Waals surface area (Å²) in [7, 11) is 0. The van der Waals surface area contributed by atoms with Gasteiger partial charge in [0.05, 0.1) is 25.0 Å². The van der Waals surface area contributed by atoms with Crippen molar-refractivity contribution in [2.24, 2.45) is 29.6 Å². The van der Waals surface area contributed by atoms with Gasteiger partial charge in [0.2, 0.25) is 0 Å². The predicted molar refractivity (Wildman–Crippen MR) is 142 cm³/mol. The van der Waals surface area contributed by atoms with Crippen LogP contribution in [0, 0.1) is 29.6 Å². The Bertz CT molecular complexity index is 894. The smallest absolute Gasteiger partial charge is 0.308 e. The molecule has 38 heavy (non-hydrogen) atoms. The molecule has 0 aromatic heterocycles. The Hall–Kier alpha value is -1.99. The van der Waals surface area contributed by atoms with Crippen LogP contribution in [-0.2, 0) is 35.1 Å². The zero-order valence-corrected chi connectivity index (χ0v) is 23.2. The predicted octanol–water partition coefficient (Wildman–Crippen LogP) is 6.40. The molecule has 2 saturated carbocycles. The number of esters is 2. The van der Waals surface area contributed by atoms with E-state index in [4.69, 9.17) is 18.9 Å². The molecule has 4 rings (SSSR count). The second kappa shape index (κ2) is 13.9. The van der Waals surface area contributed by atoms with Crippen molar-refractivity contribution in [1.82, 2.24) is 0 Å². The topological polar surface area (TPSA) is 71.1 Å². The van der Waals surface area contributed by atoms with Gasteiger partial charge in [0, 0.05) is 18.8 Å². The first-order valence-electron chi connectivity index (χ1n) is 14.6. The Balaban J connectivity index is 1.31. The van der Waals surface area contributed by atoms with Crippen LogP contribution in [0.1, 0.15) is 84.1 Å². The lowest BCUT2D eigenvalue weighted by atomic mass is 9.59. The van der Waals surface area contributed by atoms with E-state index in [2.05, 4.69) is 6.92 Å². The van der Waals surface area contributed by atoms with Crippen LogP contribution in [0.3, 0.4) is 0 Å². The largest absolute Gasteiger partial charge is 0.462 e. The van der Waals surface area contributed by atoms with Crippen LogP contribution in [0.2, 0.25) is 0 Å². The van der Waals surface area contributed by atoms with Crippen LogP contribution in [0.25, 0.3) is 0 Å². The summed E-state index contributed by atoms with van der Waals surface area (Å²) in [4.78, 5) is 25.0. The van der Waals surface area contributed by atoms with Gasteiger partial charge in [0.15, 0.2) is 0 Å². The number of hydrogen-bond donors (Lipinski definition) is 0. The van der Waals surface area contributed by atoms with Crippen LogP contribution in [0.4, 0.5) is 4.39 Å². The van der Waals surface area contributed by atoms with Crippen molar-refractivity contribution >= 4 is 11.9 Å². The lowest BCUT2D eigenvalue weighted by Crippen LogP contribution is -2.48. The molecule has 0 bridgehead atoms. The van der Waals surface area contributed by atoms with Gasteiger partial charge >= 0.3 is 11.9 Å². The number of hydrogen-bond acceptors (Lipinski definition) is 6. The first-order chi connectivity index (χ1) is 18.3. The molecule has 1 aromatic rings. The molecule has 2 aliphatic carbocycles. The molecular formula is C31H45FO6. The highest BCUT2D eigenvalue weighted by Gasteiger charge is 2.48. The average Bonchev–Trinajstić information content (AvgIpc) is 2.90. The summed E-state index contributed by atoms with van der Waals surface area (Å²) in [6, 6.07) is 9.91. The number of carbonyl (C=O) groups excluding carboxylic acids is 2. The molecule has 1 saturated heterocycles. The summed E-state index contributed by atoms with van der Waals surface area (Å²) in [5.41, 5.74) is 1.08. The molecule has 3 fully saturated rings. The number of alkyl halides is 1. The molecule has 0 amide bonds. The fourth-order valence-corrected chi connectivity index (χ4v) is 6.74. The molecule has 0 radical (unpaired) electrons. The van der Waals surface area contributed by atoms with E-state index >= 15 is 0 Å². The maximum atomic E-state index is 14.7. The molecule has 1 aliphatic heterocycles. The van der Waals surface area contributed by atoms with Gasteiger partial charge in [-0.2, -0.15) is 0 Å². The summed E-state index contributed by atoms with van der Waals surface area (Å²) >= 11 is 0. The van der Waals surface area contributed by atoms with E-state index in [-0.39, 0.29) is 61.2 Å². The lowest BCUT2D eigenvalue weighted by Gasteiger charge is -2.49. The zero-order chi connectivity index (χ0) is 27.1. The van der Waals surface area contributed by atoms with Crippen molar-refractivity contribution in [2.45, 2.75) is 110 Å². The van der Waals surface area contributed by atoms with Crippen LogP contribution >= 0.6 is 0 Å². The molecular weight excluding hydrogens is 487 g/mol. The van der Waals surface area contributed by atoms with Gasteiger partial charge in [0.1, 0.15) is 25.2 Å². The van der Waals surface area contributed by atoms with Crippen molar-refractivity contribution in [1.29, 1.82) is 0 Å². The summed E-state index contributed by atoms with van der Waals surface area (Å²) in [5.74, 6) is 0.543. The first kappa shape index (κ1) is 29.0. The molecule has 0 spiro atoms. The monoisotopic (exact) mass is 532 g/mol. The maximum Gasteiger partial charge on any atom is 0.308 e. The second-order valence-electron chi connectivity index (χ2n) is 11.8. The minimum Gasteiger partial charge on any atom is -0.462 e. The molecule has 1 heterocycles. The number of fused-ring (bicyclic) bond motifs is 1. The van der Waals surface area contributed by atoms with Gasteiger partial charge < -0.3 is 18.9 Å². The molecule has 0 N–H and O–H groups in total. The highest BCUT2D eigenvalue weighted by atomic mass is 19.1. The molecule has 3 aliphatic rings. The number of cyclic esters (lactones) is 1. The first-order valence-corrected chi connectivity index (χ1v) is 14.6. The standard InChI is InChI=1S/C31H45FO6/c1-4-20(2)31(34)38-28-15-24(32)14-23-11-10-21(3)27(30(23)28)13-12-25-16-26(17-29(33)37-25)36-19-35-18-22-8-6-5-7-9-22/h5-9,20-21,23-28,30H,4,10-19H2,1-3H3/t20-,21-,23-,24+,25?,26-,27-,28-,30-/m0/s1. The van der Waals surface area contributed by atoms with E-state index in [0.717, 1.165) is 31.2 Å². The maximum absolute atomic E-state index is 14.7. The van der Waals surface area contributed by atoms with E-state index in [1.807, 2.05) is 44.2 Å². The molecule has 6 nitrogen and oxygen atoms in total. The van der Waals surface area contributed by atoms with Crippen molar-refractivity contribution < 1.29 is 32.9 Å². The van der Waals surface area contributed by atoms with Gasteiger partial charge in [-0.1, -0.05) is 57.5 Å². The average molecular weight is 533 g/mol. The highest BCUT2D eigenvalue weighted by Crippen LogP contribution is 2.50. The Morgan fingerprint density at radius 3 is 2.68 bits per heavy atom. The third kappa shape index (κ3) is 7.78. The van der Waals surface area contributed by atoms with Crippen molar-refractivity contribution in [3.05, 3.63) is 35.9 Å². The molecule has 7 heteroatoms. The summed E-state index contributed by atoms with van der Waals surface area (Å²) in [5, 5.41) is 0. The van der Waals surface area contributed by atoms with Gasteiger partial charge in [-0.15, -0.1) is 0 Å². The normalized spacial score (nSPS) is 34.2. The number of halogens is 1. The van der Waals surface area contributed by atoms with Crippen molar-refractivity contribution in [3.8, 4) is 0 Å². The summed E-state index contributed by atoms with van der Waals surface area (Å²) < 4.78 is 37.9. The zero-order valence-electron chi connectivity index (χ0n) is 23.2. The number of carbonyl (C=O) groups is 2. The number of benzene rings is 1. The third-order valence-corrected chi connectivity index (χ3v) is 9.06. The Kier molecular flexibility index (Phi) is 10.6. The second-order valence-corrected chi connectivity index (χ2v) is 11.8. The van der Waals surface area contributed by atoms with E-state index < -0.39 is 6.17 Å². The quantitative estimate of drug-likeness (QED) is 0.187.